The van der Waals surface area contributed by atoms with Crippen LogP contribution in [0.25, 0.3) is 0 Å². The molecule has 0 aromatic carbocycles. The summed E-state index contributed by atoms with van der Waals surface area (Å²) in [6, 6.07) is 0.0415. The molecule has 116 valence electrons. The minimum atomic E-state index is -0.805. The SMILES string of the molecule is CC(C)C1CCCN(C(=O)N(C)CCCC(=O)O)CC1. The lowest BCUT2D eigenvalue weighted by molar-refractivity contribution is -0.137. The topological polar surface area (TPSA) is 60.9 Å². The van der Waals surface area contributed by atoms with Gasteiger partial charge in [-0.1, -0.05) is 13.8 Å². The first kappa shape index (κ1) is 16.8. The van der Waals surface area contributed by atoms with Crippen LogP contribution in [0.5, 0.6) is 0 Å². The van der Waals surface area contributed by atoms with Crippen LogP contribution in [-0.2, 0) is 4.79 Å². The van der Waals surface area contributed by atoms with Gasteiger partial charge < -0.3 is 14.9 Å². The number of likely N-dealkylation sites (tertiary alicyclic amines) is 1. The van der Waals surface area contributed by atoms with Crippen LogP contribution < -0.4 is 0 Å². The number of urea groups is 1. The summed E-state index contributed by atoms with van der Waals surface area (Å²) in [7, 11) is 1.76. The van der Waals surface area contributed by atoms with Crippen LogP contribution in [0.15, 0.2) is 0 Å². The highest BCUT2D eigenvalue weighted by Crippen LogP contribution is 2.24. The van der Waals surface area contributed by atoms with Gasteiger partial charge in [0.15, 0.2) is 0 Å². The Morgan fingerprint density at radius 2 is 2.00 bits per heavy atom. The minimum absolute atomic E-state index is 0.0415. The van der Waals surface area contributed by atoms with Gasteiger partial charge in [-0.05, 0) is 37.5 Å². The number of aliphatic carboxylic acids is 1. The molecular formula is C15H28N2O3. The number of carboxylic acid groups (broad SMARTS) is 1. The van der Waals surface area contributed by atoms with Crippen LogP contribution in [0, 0.1) is 11.8 Å². The maximum absolute atomic E-state index is 12.3. The summed E-state index contributed by atoms with van der Waals surface area (Å²) in [5.41, 5.74) is 0. The van der Waals surface area contributed by atoms with Crippen LogP contribution >= 0.6 is 0 Å². The van der Waals surface area contributed by atoms with Gasteiger partial charge in [0.2, 0.25) is 0 Å². The maximum atomic E-state index is 12.3. The summed E-state index contributed by atoms with van der Waals surface area (Å²) in [5.74, 6) is 0.587. The summed E-state index contributed by atoms with van der Waals surface area (Å²) >= 11 is 0. The van der Waals surface area contributed by atoms with Gasteiger partial charge in [0.25, 0.3) is 0 Å². The molecule has 1 rings (SSSR count). The zero-order valence-corrected chi connectivity index (χ0v) is 13.0. The molecule has 1 atom stereocenters. The Morgan fingerprint density at radius 3 is 2.60 bits per heavy atom. The van der Waals surface area contributed by atoms with Gasteiger partial charge in [0, 0.05) is 33.1 Å². The monoisotopic (exact) mass is 284 g/mol. The summed E-state index contributed by atoms with van der Waals surface area (Å²) < 4.78 is 0. The second kappa shape index (κ2) is 8.12. The smallest absolute Gasteiger partial charge is 0.319 e. The van der Waals surface area contributed by atoms with Gasteiger partial charge in [-0.3, -0.25) is 4.79 Å². The number of nitrogens with zero attached hydrogens (tertiary/aromatic N) is 2. The molecule has 2 amide bonds. The first-order chi connectivity index (χ1) is 9.41. The normalized spacial score (nSPS) is 19.8. The van der Waals surface area contributed by atoms with Gasteiger partial charge in [-0.25, -0.2) is 4.79 Å². The van der Waals surface area contributed by atoms with Crippen molar-refractivity contribution in [2.24, 2.45) is 11.8 Å². The van der Waals surface area contributed by atoms with Crippen molar-refractivity contribution in [3.05, 3.63) is 0 Å². The predicted octanol–water partition coefficient (Wildman–Crippen LogP) is 2.66. The fourth-order valence-electron chi connectivity index (χ4n) is 2.78. The third kappa shape index (κ3) is 5.39. The van der Waals surface area contributed by atoms with Gasteiger partial charge in [0.05, 0.1) is 0 Å². The van der Waals surface area contributed by atoms with E-state index in [2.05, 4.69) is 13.8 Å². The molecule has 0 aliphatic carbocycles. The lowest BCUT2D eigenvalue weighted by Gasteiger charge is -2.27. The van der Waals surface area contributed by atoms with Crippen molar-refractivity contribution in [1.29, 1.82) is 0 Å². The summed E-state index contributed by atoms with van der Waals surface area (Å²) in [5, 5.41) is 8.62. The minimum Gasteiger partial charge on any atom is -0.481 e. The molecule has 0 aromatic heterocycles. The Hall–Kier alpha value is -1.26. The number of carbonyl (C=O) groups excluding carboxylic acids is 1. The number of carboxylic acids is 1. The summed E-state index contributed by atoms with van der Waals surface area (Å²) in [6.45, 7) is 6.66. The molecule has 1 saturated heterocycles. The lowest BCUT2D eigenvalue weighted by atomic mass is 9.89. The second-order valence-electron chi connectivity index (χ2n) is 6.12. The molecule has 5 nitrogen and oxygen atoms in total. The quantitative estimate of drug-likeness (QED) is 0.844. The molecule has 1 heterocycles. The van der Waals surface area contributed by atoms with Crippen molar-refractivity contribution in [1.82, 2.24) is 9.80 Å². The number of amides is 2. The molecule has 0 spiro atoms. The summed E-state index contributed by atoms with van der Waals surface area (Å²) in [4.78, 5) is 26.4. The molecular weight excluding hydrogens is 256 g/mol. The van der Waals surface area contributed by atoms with E-state index in [9.17, 15) is 9.59 Å². The second-order valence-corrected chi connectivity index (χ2v) is 6.12. The Morgan fingerprint density at radius 1 is 1.30 bits per heavy atom. The maximum Gasteiger partial charge on any atom is 0.319 e. The zero-order valence-electron chi connectivity index (χ0n) is 13.0. The largest absolute Gasteiger partial charge is 0.481 e. The number of carbonyl (C=O) groups is 2. The van der Waals surface area contributed by atoms with Crippen molar-refractivity contribution in [3.8, 4) is 0 Å². The first-order valence-electron chi connectivity index (χ1n) is 7.63. The molecule has 1 N–H and O–H groups in total. The van der Waals surface area contributed by atoms with Gasteiger partial charge in [0.1, 0.15) is 0 Å². The zero-order chi connectivity index (χ0) is 15.1. The van der Waals surface area contributed by atoms with E-state index >= 15 is 0 Å². The highest BCUT2D eigenvalue weighted by Gasteiger charge is 2.24. The van der Waals surface area contributed by atoms with E-state index in [4.69, 9.17) is 5.11 Å². The third-order valence-electron chi connectivity index (χ3n) is 4.20. The average molecular weight is 284 g/mol. The van der Waals surface area contributed by atoms with Crippen molar-refractivity contribution >= 4 is 12.0 Å². The predicted molar refractivity (Wildman–Crippen MR) is 78.6 cm³/mol. The van der Waals surface area contributed by atoms with Crippen molar-refractivity contribution in [3.63, 3.8) is 0 Å². The third-order valence-corrected chi connectivity index (χ3v) is 4.20. The standard InChI is InChI=1S/C15H28N2O3/c1-12(2)13-6-4-10-17(11-8-13)15(20)16(3)9-5-7-14(18)19/h12-13H,4-11H2,1-3H3,(H,18,19). The number of rotatable bonds is 5. The number of hydrogen-bond donors (Lipinski definition) is 1. The van der Waals surface area contributed by atoms with Crippen molar-refractivity contribution < 1.29 is 14.7 Å². The van der Waals surface area contributed by atoms with Crippen LogP contribution in [0.1, 0.15) is 46.0 Å². The number of hydrogen-bond acceptors (Lipinski definition) is 2. The van der Waals surface area contributed by atoms with E-state index in [1.165, 1.54) is 6.42 Å². The Kier molecular flexibility index (Phi) is 6.82. The Balaban J connectivity index is 2.40. The van der Waals surface area contributed by atoms with Gasteiger partial charge >= 0.3 is 12.0 Å². The Bertz CT molecular complexity index is 331. The van der Waals surface area contributed by atoms with E-state index in [1.807, 2.05) is 4.90 Å². The van der Waals surface area contributed by atoms with E-state index < -0.39 is 5.97 Å². The molecule has 1 fully saturated rings. The van der Waals surface area contributed by atoms with Crippen LogP contribution in [0.2, 0.25) is 0 Å². The molecule has 1 unspecified atom stereocenters. The van der Waals surface area contributed by atoms with E-state index in [1.54, 1.807) is 11.9 Å². The van der Waals surface area contributed by atoms with Crippen molar-refractivity contribution in [2.75, 3.05) is 26.7 Å². The van der Waals surface area contributed by atoms with Crippen LogP contribution in [0.4, 0.5) is 4.79 Å². The highest BCUT2D eigenvalue weighted by molar-refractivity contribution is 5.74. The fraction of sp³-hybridized carbons (Fsp3) is 0.867. The lowest BCUT2D eigenvalue weighted by Crippen LogP contribution is -2.42. The Labute approximate surface area is 121 Å². The fourth-order valence-corrected chi connectivity index (χ4v) is 2.78. The summed E-state index contributed by atoms with van der Waals surface area (Å²) in [6.07, 6.45) is 3.97. The molecule has 0 radical (unpaired) electrons. The van der Waals surface area contributed by atoms with Crippen LogP contribution in [-0.4, -0.2) is 53.6 Å². The van der Waals surface area contributed by atoms with E-state index in [0.29, 0.717) is 24.8 Å². The highest BCUT2D eigenvalue weighted by atomic mass is 16.4. The molecule has 0 bridgehead atoms. The van der Waals surface area contributed by atoms with Gasteiger partial charge in [-0.2, -0.15) is 0 Å². The molecule has 0 saturated carbocycles. The molecule has 0 aromatic rings. The van der Waals surface area contributed by atoms with E-state index in [0.717, 1.165) is 25.9 Å². The van der Waals surface area contributed by atoms with Crippen molar-refractivity contribution in [2.45, 2.75) is 46.0 Å². The van der Waals surface area contributed by atoms with Gasteiger partial charge in [-0.15, -0.1) is 0 Å². The molecule has 1 aliphatic heterocycles. The molecule has 5 heteroatoms. The average Bonchev–Trinajstić information content (AvgIpc) is 2.62. The molecule has 1 aliphatic rings. The van der Waals surface area contributed by atoms with E-state index in [-0.39, 0.29) is 12.5 Å². The molecule has 20 heavy (non-hydrogen) atoms. The van der Waals surface area contributed by atoms with Crippen LogP contribution in [0.3, 0.4) is 0 Å². The first-order valence-corrected chi connectivity index (χ1v) is 7.63.